The van der Waals surface area contributed by atoms with Gasteiger partial charge in [0.2, 0.25) is 0 Å². The van der Waals surface area contributed by atoms with Crippen molar-refractivity contribution in [1.82, 2.24) is 19.6 Å². The van der Waals surface area contributed by atoms with E-state index in [4.69, 9.17) is 9.47 Å². The van der Waals surface area contributed by atoms with E-state index >= 15 is 0 Å². The van der Waals surface area contributed by atoms with Gasteiger partial charge in [-0.2, -0.15) is 5.10 Å². The van der Waals surface area contributed by atoms with Crippen LogP contribution in [0.2, 0.25) is 0 Å². The van der Waals surface area contributed by atoms with Crippen molar-refractivity contribution in [3.05, 3.63) is 47.0 Å². The Balaban J connectivity index is 2.14. The number of fused-ring (bicyclic) bond motifs is 3. The standard InChI is InChI=1S/C29H40N4O7S/c1-7-21(18-41-6)33-27-22-15-20(14-19(2)3)24(39-5)16-25(22)40-17-23(27)26(30-33)28(35)32(29(36,37)38)12-11-31(4)10-8-9-13-34/h7,13,15-16,18-19,36-38H,1,8-12,14,17H2,2-6H3/b21-18+. The number of rotatable bonds is 15. The fourth-order valence-electron chi connectivity index (χ4n) is 4.72. The topological polar surface area (TPSA) is 138 Å². The summed E-state index contributed by atoms with van der Waals surface area (Å²) in [5.74, 6) is 0.722. The fourth-order valence-corrected chi connectivity index (χ4v) is 5.16. The summed E-state index contributed by atoms with van der Waals surface area (Å²) in [6.07, 6.45) is 2.65. The molecule has 2 aromatic rings. The molecule has 11 nitrogen and oxygen atoms in total. The van der Waals surface area contributed by atoms with E-state index in [0.29, 0.717) is 64.2 Å². The summed E-state index contributed by atoms with van der Waals surface area (Å²) >= 11 is 1.44. The molecule has 1 amide bonds. The van der Waals surface area contributed by atoms with Gasteiger partial charge in [-0.1, -0.05) is 20.4 Å². The summed E-state index contributed by atoms with van der Waals surface area (Å²) < 4.78 is 13.3. The van der Waals surface area contributed by atoms with Crippen molar-refractivity contribution in [2.75, 3.05) is 40.0 Å². The third kappa shape index (κ3) is 7.57. The van der Waals surface area contributed by atoms with Gasteiger partial charge in [0.05, 0.1) is 18.5 Å². The average Bonchev–Trinajstić information content (AvgIpc) is 3.30. The summed E-state index contributed by atoms with van der Waals surface area (Å²) in [6.45, 7) is 8.66. The number of ether oxygens (including phenoxy) is 2. The highest BCUT2D eigenvalue weighted by molar-refractivity contribution is 8.01. The van der Waals surface area contributed by atoms with Crippen molar-refractivity contribution in [3.8, 4) is 22.8 Å². The zero-order valence-corrected chi connectivity index (χ0v) is 25.1. The van der Waals surface area contributed by atoms with Crippen molar-refractivity contribution >= 4 is 29.7 Å². The Kier molecular flexibility index (Phi) is 11.2. The molecule has 41 heavy (non-hydrogen) atoms. The van der Waals surface area contributed by atoms with Gasteiger partial charge in [-0.05, 0) is 61.7 Å². The van der Waals surface area contributed by atoms with E-state index in [1.165, 1.54) is 11.8 Å². The third-order valence-electron chi connectivity index (χ3n) is 6.69. The number of aromatic nitrogens is 2. The van der Waals surface area contributed by atoms with Gasteiger partial charge >= 0.3 is 6.10 Å². The minimum Gasteiger partial charge on any atom is -0.496 e. The van der Waals surface area contributed by atoms with Gasteiger partial charge in [0.1, 0.15) is 24.4 Å². The van der Waals surface area contributed by atoms with E-state index < -0.39 is 12.0 Å². The Morgan fingerprint density at radius 3 is 2.61 bits per heavy atom. The molecule has 3 N–H and O–H groups in total. The highest BCUT2D eigenvalue weighted by atomic mass is 32.2. The minimum absolute atomic E-state index is 0.0193. The lowest BCUT2D eigenvalue weighted by molar-refractivity contribution is -0.378. The fraction of sp³-hybridized carbons (Fsp3) is 0.483. The SMILES string of the molecule is C=C/C(=C\SC)n1nc(C(=O)N(CCN(C)CCCC=O)C(O)(O)O)c2c1-c1cc(CC(C)C)c(OC)cc1OC2. The van der Waals surface area contributed by atoms with Crippen molar-refractivity contribution in [3.63, 3.8) is 0 Å². The van der Waals surface area contributed by atoms with Crippen LogP contribution < -0.4 is 9.47 Å². The molecule has 0 radical (unpaired) electrons. The van der Waals surface area contributed by atoms with E-state index in [1.54, 1.807) is 24.9 Å². The first-order valence-electron chi connectivity index (χ1n) is 13.4. The quantitative estimate of drug-likeness (QED) is 0.123. The number of carbonyl (C=O) groups excluding carboxylic acids is 2. The average molecular weight is 589 g/mol. The van der Waals surface area contributed by atoms with Crippen molar-refractivity contribution < 1.29 is 34.4 Å². The van der Waals surface area contributed by atoms with E-state index in [0.717, 1.165) is 18.3 Å². The molecule has 0 atom stereocenters. The lowest BCUT2D eigenvalue weighted by atomic mass is 9.95. The van der Waals surface area contributed by atoms with Gasteiger partial charge in [0.15, 0.2) is 5.69 Å². The Hall–Kier alpha value is -3.16. The second kappa shape index (κ2) is 14.1. The molecule has 0 unspecified atom stereocenters. The molecule has 2 heterocycles. The predicted octanol–water partition coefficient (Wildman–Crippen LogP) is 2.94. The maximum Gasteiger partial charge on any atom is 0.372 e. The number of hydrogen-bond donors (Lipinski definition) is 3. The van der Waals surface area contributed by atoms with Crippen LogP contribution in [-0.2, 0) is 17.8 Å². The summed E-state index contributed by atoms with van der Waals surface area (Å²) in [5.41, 5.74) is 3.22. The minimum atomic E-state index is -3.43. The van der Waals surface area contributed by atoms with Crippen molar-refractivity contribution in [2.24, 2.45) is 5.92 Å². The van der Waals surface area contributed by atoms with Crippen molar-refractivity contribution in [1.29, 1.82) is 0 Å². The maximum absolute atomic E-state index is 13.8. The first-order valence-corrected chi connectivity index (χ1v) is 14.7. The molecule has 1 aromatic heterocycles. The first-order chi connectivity index (χ1) is 19.5. The molecule has 1 aliphatic heterocycles. The maximum atomic E-state index is 13.8. The van der Waals surface area contributed by atoms with Crippen molar-refractivity contribution in [2.45, 2.75) is 45.8 Å². The summed E-state index contributed by atoms with van der Waals surface area (Å²) in [7, 11) is 3.38. The lowest BCUT2D eigenvalue weighted by Crippen LogP contribution is -2.54. The zero-order chi connectivity index (χ0) is 30.3. The molecule has 0 saturated heterocycles. The molecule has 224 valence electrons. The molecular weight excluding hydrogens is 548 g/mol. The number of unbranched alkanes of at least 4 members (excludes halogenated alkanes) is 1. The largest absolute Gasteiger partial charge is 0.496 e. The van der Waals surface area contributed by atoms with Gasteiger partial charge < -0.3 is 34.5 Å². The number of carbonyl (C=O) groups is 2. The van der Waals surface area contributed by atoms with Gasteiger partial charge in [0, 0.05) is 36.7 Å². The third-order valence-corrected chi connectivity index (χ3v) is 7.17. The molecule has 0 bridgehead atoms. The van der Waals surface area contributed by atoms with E-state index in [1.807, 2.05) is 28.7 Å². The van der Waals surface area contributed by atoms with Crippen LogP contribution in [0.5, 0.6) is 11.5 Å². The van der Waals surface area contributed by atoms with E-state index in [2.05, 4.69) is 25.5 Å². The number of methoxy groups -OCH3 is 1. The monoisotopic (exact) mass is 588 g/mol. The number of benzene rings is 1. The van der Waals surface area contributed by atoms with E-state index in [-0.39, 0.29) is 25.4 Å². The molecule has 1 aromatic carbocycles. The highest BCUT2D eigenvalue weighted by Crippen LogP contribution is 2.44. The number of thioether (sulfide) groups is 1. The smallest absolute Gasteiger partial charge is 0.372 e. The van der Waals surface area contributed by atoms with Crippen LogP contribution in [0.25, 0.3) is 17.0 Å². The van der Waals surface area contributed by atoms with E-state index in [9.17, 15) is 24.9 Å². The summed E-state index contributed by atoms with van der Waals surface area (Å²) in [4.78, 5) is 26.8. The molecule has 0 saturated carbocycles. The molecule has 0 spiro atoms. The van der Waals surface area contributed by atoms with Gasteiger partial charge in [-0.3, -0.25) is 9.69 Å². The molecule has 3 rings (SSSR count). The molecule has 0 aliphatic carbocycles. The molecular formula is C29H40N4O7S. The van der Waals surface area contributed by atoms with Crippen LogP contribution in [0.3, 0.4) is 0 Å². The van der Waals surface area contributed by atoms with Crippen LogP contribution >= 0.6 is 11.8 Å². The normalized spacial score (nSPS) is 13.1. The Morgan fingerprint density at radius 1 is 1.29 bits per heavy atom. The number of hydrogen-bond acceptors (Lipinski definition) is 10. The first kappa shape index (κ1) is 32.4. The molecule has 1 aliphatic rings. The highest BCUT2D eigenvalue weighted by Gasteiger charge is 2.39. The van der Waals surface area contributed by atoms with Gasteiger partial charge in [-0.25, -0.2) is 4.68 Å². The summed E-state index contributed by atoms with van der Waals surface area (Å²) in [6, 6.07) is 3.80. The predicted molar refractivity (Wildman–Crippen MR) is 158 cm³/mol. The van der Waals surface area contributed by atoms with Crippen LogP contribution in [0, 0.1) is 5.92 Å². The number of allylic oxidation sites excluding steroid dienone is 2. The van der Waals surface area contributed by atoms with Crippen LogP contribution in [0.15, 0.2) is 30.2 Å². The molecule has 12 heteroatoms. The van der Waals surface area contributed by atoms with Crippen LogP contribution in [0.4, 0.5) is 0 Å². The Morgan fingerprint density at radius 2 is 2.02 bits per heavy atom. The number of likely N-dealkylation sites (N-methyl/N-ethyl adjacent to an activating group) is 1. The second-order valence-corrected chi connectivity index (χ2v) is 11.0. The number of nitrogens with zero attached hydrogens (tertiary/aromatic N) is 4. The second-order valence-electron chi connectivity index (χ2n) is 10.3. The number of amides is 1. The van der Waals surface area contributed by atoms with Crippen LogP contribution in [0.1, 0.15) is 48.3 Å². The summed E-state index contributed by atoms with van der Waals surface area (Å²) in [5, 5.41) is 36.9. The zero-order valence-electron chi connectivity index (χ0n) is 24.3. The number of aldehydes is 1. The lowest BCUT2D eigenvalue weighted by Gasteiger charge is -2.31. The van der Waals surface area contributed by atoms with Gasteiger partial charge in [-0.15, -0.1) is 11.8 Å². The Bertz CT molecular complexity index is 1280. The Labute approximate surface area is 245 Å². The van der Waals surface area contributed by atoms with Crippen LogP contribution in [-0.4, -0.2) is 93.2 Å². The molecule has 0 fully saturated rings. The van der Waals surface area contributed by atoms with Gasteiger partial charge in [0.25, 0.3) is 5.91 Å². The number of aliphatic hydroxyl groups is 3.